The van der Waals surface area contributed by atoms with Gasteiger partial charge in [0.25, 0.3) is 0 Å². The predicted octanol–water partition coefficient (Wildman–Crippen LogP) is 4.89. The fraction of sp³-hybridized carbons (Fsp3) is 0.333. The molecule has 1 unspecified atom stereocenters. The second-order valence-electron chi connectivity index (χ2n) is 9.63. The molecule has 0 bridgehead atoms. The van der Waals surface area contributed by atoms with E-state index in [9.17, 15) is 32.3 Å². The molecule has 0 aliphatic rings. The van der Waals surface area contributed by atoms with E-state index in [0.717, 1.165) is 48.4 Å². The van der Waals surface area contributed by atoms with Gasteiger partial charge in [0.2, 0.25) is 5.91 Å². The van der Waals surface area contributed by atoms with E-state index >= 15 is 0 Å². The lowest BCUT2D eigenvalue weighted by Crippen LogP contribution is -2.50. The zero-order chi connectivity index (χ0) is 28.5. The number of Topliss-reactive ketones (excluding diaryl/α,β-unsaturated/α-hetero) is 1. The first-order chi connectivity index (χ1) is 18.5. The Morgan fingerprint density at radius 1 is 0.872 bits per heavy atom. The van der Waals surface area contributed by atoms with Crippen molar-refractivity contribution in [2.75, 3.05) is 6.54 Å². The molecule has 208 valence electrons. The molecule has 3 aromatic carbocycles. The number of halogens is 4. The molecule has 0 spiro atoms. The number of amides is 1. The molecule has 3 aromatic rings. The summed E-state index contributed by atoms with van der Waals surface area (Å²) in [6.07, 6.45) is -0.617. The number of aryl methyl sites for hydroxylation is 1. The topological polar surface area (TPSA) is 78.4 Å². The van der Waals surface area contributed by atoms with E-state index in [1.165, 1.54) is 12.5 Å². The summed E-state index contributed by atoms with van der Waals surface area (Å²) in [5, 5.41) is 16.8. The number of benzene rings is 3. The molecule has 0 heterocycles. The van der Waals surface area contributed by atoms with E-state index in [-0.39, 0.29) is 30.5 Å². The standard InChI is InChI=1S/C30H32F4N2O3/c1-3-19-5-4-6-20(10-19)16-35-17-29(38)27(13-21-11-23(31)15-24(32)12-21)36-30(39)18(2)9-28(37)22-7-8-25(33)26(34)14-22/h4-8,10-12,14-15,18,27,29,35,38H,3,9,13,16-17H2,1-2H3,(H,36,39)/t18?,27-,29+/m0/s1. The summed E-state index contributed by atoms with van der Waals surface area (Å²) in [5.41, 5.74) is 2.34. The minimum Gasteiger partial charge on any atom is -0.390 e. The number of rotatable bonds is 13. The Morgan fingerprint density at radius 2 is 1.56 bits per heavy atom. The third kappa shape index (κ3) is 9.01. The van der Waals surface area contributed by atoms with Crippen LogP contribution >= 0.6 is 0 Å². The van der Waals surface area contributed by atoms with Gasteiger partial charge in [-0.1, -0.05) is 38.1 Å². The molecule has 0 aromatic heterocycles. The number of carbonyl (C=O) groups is 2. The van der Waals surface area contributed by atoms with E-state index < -0.39 is 53.0 Å². The maximum absolute atomic E-state index is 13.8. The summed E-state index contributed by atoms with van der Waals surface area (Å²) in [5.74, 6) is -5.85. The van der Waals surface area contributed by atoms with Crippen molar-refractivity contribution >= 4 is 11.7 Å². The third-order valence-corrected chi connectivity index (χ3v) is 6.43. The molecule has 9 heteroatoms. The lowest BCUT2D eigenvalue weighted by Gasteiger charge is -2.26. The Kier molecular flexibility index (Phi) is 10.8. The minimum atomic E-state index is -1.17. The minimum absolute atomic E-state index is 0.0707. The lowest BCUT2D eigenvalue weighted by molar-refractivity contribution is -0.126. The molecule has 3 rings (SSSR count). The zero-order valence-electron chi connectivity index (χ0n) is 21.8. The van der Waals surface area contributed by atoms with Gasteiger partial charge >= 0.3 is 0 Å². The highest BCUT2D eigenvalue weighted by molar-refractivity contribution is 5.98. The van der Waals surface area contributed by atoms with Crippen LogP contribution in [0.2, 0.25) is 0 Å². The summed E-state index contributed by atoms with van der Waals surface area (Å²) < 4.78 is 54.3. The van der Waals surface area contributed by atoms with Gasteiger partial charge in [-0.15, -0.1) is 0 Å². The number of carbonyl (C=O) groups excluding carboxylic acids is 2. The SMILES string of the molecule is CCc1cccc(CNC[C@@H](O)[C@H](Cc2cc(F)cc(F)c2)NC(=O)C(C)CC(=O)c2ccc(F)c(F)c2)c1. The van der Waals surface area contributed by atoms with Crippen LogP contribution in [0.4, 0.5) is 17.6 Å². The number of ketones is 1. The molecule has 0 saturated heterocycles. The lowest BCUT2D eigenvalue weighted by atomic mass is 9.96. The van der Waals surface area contributed by atoms with Crippen molar-refractivity contribution in [3.05, 3.63) is 106 Å². The smallest absolute Gasteiger partial charge is 0.223 e. The van der Waals surface area contributed by atoms with Crippen LogP contribution in [0.15, 0.2) is 60.7 Å². The maximum atomic E-state index is 13.8. The number of aliphatic hydroxyl groups excluding tert-OH is 1. The monoisotopic (exact) mass is 544 g/mol. The first kappa shape index (κ1) is 30.0. The average molecular weight is 545 g/mol. The van der Waals surface area contributed by atoms with Crippen molar-refractivity contribution in [1.29, 1.82) is 0 Å². The molecule has 5 nitrogen and oxygen atoms in total. The van der Waals surface area contributed by atoms with Crippen LogP contribution < -0.4 is 10.6 Å². The summed E-state index contributed by atoms with van der Waals surface area (Å²) >= 11 is 0. The van der Waals surface area contributed by atoms with Crippen LogP contribution in [0.5, 0.6) is 0 Å². The van der Waals surface area contributed by atoms with Crippen molar-refractivity contribution < 1.29 is 32.3 Å². The Morgan fingerprint density at radius 3 is 2.23 bits per heavy atom. The van der Waals surface area contributed by atoms with E-state index in [1.807, 2.05) is 31.2 Å². The second-order valence-corrected chi connectivity index (χ2v) is 9.63. The molecule has 0 radical (unpaired) electrons. The molecule has 0 aliphatic heterocycles. The quantitative estimate of drug-likeness (QED) is 0.212. The number of hydrogen-bond donors (Lipinski definition) is 3. The van der Waals surface area contributed by atoms with E-state index in [1.54, 1.807) is 0 Å². The summed E-state index contributed by atoms with van der Waals surface area (Å²) in [4.78, 5) is 25.5. The Balaban J connectivity index is 1.67. The Hall–Kier alpha value is -3.56. The van der Waals surface area contributed by atoms with Crippen LogP contribution in [-0.2, 0) is 24.2 Å². The van der Waals surface area contributed by atoms with Crippen LogP contribution in [0.1, 0.15) is 47.3 Å². The molecule has 3 atom stereocenters. The van der Waals surface area contributed by atoms with Crippen LogP contribution in [-0.4, -0.2) is 35.5 Å². The zero-order valence-corrected chi connectivity index (χ0v) is 21.8. The van der Waals surface area contributed by atoms with Crippen molar-refractivity contribution in [2.24, 2.45) is 5.92 Å². The van der Waals surface area contributed by atoms with Crippen molar-refractivity contribution in [3.8, 4) is 0 Å². The molecular weight excluding hydrogens is 512 g/mol. The summed E-state index contributed by atoms with van der Waals surface area (Å²) in [6, 6.07) is 12.7. The average Bonchev–Trinajstić information content (AvgIpc) is 2.89. The van der Waals surface area contributed by atoms with Crippen LogP contribution in [0, 0.1) is 29.2 Å². The van der Waals surface area contributed by atoms with Gasteiger partial charge in [-0.3, -0.25) is 9.59 Å². The highest BCUT2D eigenvalue weighted by atomic mass is 19.2. The van der Waals surface area contributed by atoms with E-state index in [4.69, 9.17) is 0 Å². The molecule has 0 fully saturated rings. The predicted molar refractivity (Wildman–Crippen MR) is 140 cm³/mol. The van der Waals surface area contributed by atoms with E-state index in [2.05, 4.69) is 10.6 Å². The van der Waals surface area contributed by atoms with Gasteiger partial charge in [-0.25, -0.2) is 17.6 Å². The first-order valence-corrected chi connectivity index (χ1v) is 12.8. The van der Waals surface area contributed by atoms with Gasteiger partial charge in [-0.05, 0) is 59.9 Å². The highest BCUT2D eigenvalue weighted by Crippen LogP contribution is 2.16. The molecule has 39 heavy (non-hydrogen) atoms. The van der Waals surface area contributed by atoms with Gasteiger partial charge in [0.05, 0.1) is 12.1 Å². The molecular formula is C30H32F4N2O3. The summed E-state index contributed by atoms with van der Waals surface area (Å²) in [6.45, 7) is 4.06. The van der Waals surface area contributed by atoms with Gasteiger partial charge in [0.15, 0.2) is 17.4 Å². The first-order valence-electron chi connectivity index (χ1n) is 12.8. The van der Waals surface area contributed by atoms with Crippen molar-refractivity contribution in [2.45, 2.75) is 51.8 Å². The molecule has 1 amide bonds. The molecule has 0 saturated carbocycles. The van der Waals surface area contributed by atoms with E-state index in [0.29, 0.717) is 6.54 Å². The normalized spacial score (nSPS) is 13.5. The fourth-order valence-electron chi connectivity index (χ4n) is 4.22. The van der Waals surface area contributed by atoms with Gasteiger partial charge in [-0.2, -0.15) is 0 Å². The van der Waals surface area contributed by atoms with Crippen molar-refractivity contribution in [1.82, 2.24) is 10.6 Å². The Labute approximate surface area is 225 Å². The van der Waals surface area contributed by atoms with Crippen LogP contribution in [0.25, 0.3) is 0 Å². The van der Waals surface area contributed by atoms with Gasteiger partial charge in [0.1, 0.15) is 11.6 Å². The highest BCUT2D eigenvalue weighted by Gasteiger charge is 2.26. The third-order valence-electron chi connectivity index (χ3n) is 6.43. The van der Waals surface area contributed by atoms with Gasteiger partial charge in [0, 0.05) is 37.1 Å². The number of hydrogen-bond acceptors (Lipinski definition) is 4. The van der Waals surface area contributed by atoms with Gasteiger partial charge < -0.3 is 15.7 Å². The number of nitrogens with one attached hydrogen (secondary N) is 2. The summed E-state index contributed by atoms with van der Waals surface area (Å²) in [7, 11) is 0. The number of aliphatic hydroxyl groups is 1. The second kappa shape index (κ2) is 14.0. The maximum Gasteiger partial charge on any atom is 0.223 e. The fourth-order valence-corrected chi connectivity index (χ4v) is 4.22. The van der Waals surface area contributed by atoms with Crippen LogP contribution in [0.3, 0.4) is 0 Å². The Bertz CT molecular complexity index is 1280. The largest absolute Gasteiger partial charge is 0.390 e. The molecule has 0 aliphatic carbocycles. The molecule has 3 N–H and O–H groups in total. The van der Waals surface area contributed by atoms with Crippen molar-refractivity contribution in [3.63, 3.8) is 0 Å².